The highest BCUT2D eigenvalue weighted by molar-refractivity contribution is 5.95. The van der Waals surface area contributed by atoms with E-state index >= 15 is 0 Å². The summed E-state index contributed by atoms with van der Waals surface area (Å²) in [4.78, 5) is 28.4. The van der Waals surface area contributed by atoms with Crippen LogP contribution in [0, 0.1) is 0 Å². The van der Waals surface area contributed by atoms with Crippen LogP contribution in [0.2, 0.25) is 0 Å². The van der Waals surface area contributed by atoms with Crippen molar-refractivity contribution >= 4 is 18.0 Å². The van der Waals surface area contributed by atoms with Crippen LogP contribution in [-0.2, 0) is 11.3 Å². The molecule has 29 heavy (non-hydrogen) atoms. The molecule has 3 rings (SSSR count). The number of imide groups is 1. The largest absolute Gasteiger partial charge is 0.334 e. The fourth-order valence-corrected chi connectivity index (χ4v) is 3.22. The van der Waals surface area contributed by atoms with E-state index in [4.69, 9.17) is 0 Å². The summed E-state index contributed by atoms with van der Waals surface area (Å²) in [6.07, 6.45) is 4.31. The van der Waals surface area contributed by atoms with E-state index in [0.29, 0.717) is 6.54 Å². The Bertz CT molecular complexity index is 800. The van der Waals surface area contributed by atoms with Gasteiger partial charge in [-0.25, -0.2) is 4.79 Å². The van der Waals surface area contributed by atoms with Gasteiger partial charge < -0.3 is 5.32 Å². The predicted molar refractivity (Wildman–Crippen MR) is 115 cm³/mol. The van der Waals surface area contributed by atoms with Crippen LogP contribution < -0.4 is 10.6 Å². The summed E-state index contributed by atoms with van der Waals surface area (Å²) in [5.41, 5.74) is 2.20. The minimum Gasteiger partial charge on any atom is -0.334 e. The van der Waals surface area contributed by atoms with Crippen LogP contribution in [0.25, 0.3) is 6.08 Å². The quantitative estimate of drug-likeness (QED) is 0.759. The van der Waals surface area contributed by atoms with Gasteiger partial charge in [0.1, 0.15) is 0 Å². The van der Waals surface area contributed by atoms with Gasteiger partial charge in [0.2, 0.25) is 5.91 Å². The zero-order chi connectivity index (χ0) is 20.3. The monoisotopic (exact) mass is 392 g/mol. The average molecular weight is 393 g/mol. The number of piperazine rings is 1. The normalized spacial score (nSPS) is 15.3. The number of hydrogen-bond acceptors (Lipinski definition) is 4. The van der Waals surface area contributed by atoms with Crippen LogP contribution in [0.15, 0.2) is 66.7 Å². The van der Waals surface area contributed by atoms with Crippen LogP contribution >= 0.6 is 0 Å². The third kappa shape index (κ3) is 7.52. The molecule has 1 saturated heterocycles. The fourth-order valence-electron chi connectivity index (χ4n) is 3.22. The molecule has 1 aliphatic rings. The Morgan fingerprint density at radius 3 is 2.17 bits per heavy atom. The lowest BCUT2D eigenvalue weighted by Gasteiger charge is -2.33. The molecule has 2 aromatic rings. The molecule has 0 spiro atoms. The second-order valence-corrected chi connectivity index (χ2v) is 7.11. The van der Waals surface area contributed by atoms with Gasteiger partial charge in [-0.3, -0.25) is 19.9 Å². The molecule has 0 radical (unpaired) electrons. The summed E-state index contributed by atoms with van der Waals surface area (Å²) in [6, 6.07) is 19.4. The molecule has 1 aliphatic heterocycles. The molecule has 6 nitrogen and oxygen atoms in total. The highest BCUT2D eigenvalue weighted by Crippen LogP contribution is 2.04. The summed E-state index contributed by atoms with van der Waals surface area (Å²) in [5, 5.41) is 5.11. The summed E-state index contributed by atoms with van der Waals surface area (Å²) in [6.45, 7) is 4.99. The zero-order valence-electron chi connectivity index (χ0n) is 16.6. The first-order chi connectivity index (χ1) is 14.2. The van der Waals surface area contributed by atoms with Crippen molar-refractivity contribution in [3.05, 3.63) is 77.9 Å². The van der Waals surface area contributed by atoms with Gasteiger partial charge in [0.25, 0.3) is 0 Å². The predicted octanol–water partition coefficient (Wildman–Crippen LogP) is 2.34. The van der Waals surface area contributed by atoms with Gasteiger partial charge in [-0.15, -0.1) is 0 Å². The van der Waals surface area contributed by atoms with Gasteiger partial charge in [0.15, 0.2) is 0 Å². The number of nitrogens with one attached hydrogen (secondary N) is 2. The van der Waals surface area contributed by atoms with Crippen molar-refractivity contribution in [1.29, 1.82) is 0 Å². The number of nitrogens with zero attached hydrogens (tertiary/aromatic N) is 2. The van der Waals surface area contributed by atoms with Gasteiger partial charge in [-0.2, -0.15) is 0 Å². The molecular formula is C23H28N4O2. The van der Waals surface area contributed by atoms with Gasteiger partial charge in [-0.05, 0) is 11.1 Å². The van der Waals surface area contributed by atoms with Crippen molar-refractivity contribution in [3.63, 3.8) is 0 Å². The van der Waals surface area contributed by atoms with E-state index in [1.165, 1.54) is 5.56 Å². The first-order valence-corrected chi connectivity index (χ1v) is 9.97. The van der Waals surface area contributed by atoms with Gasteiger partial charge in [0, 0.05) is 39.3 Å². The topological polar surface area (TPSA) is 64.7 Å². The third-order valence-corrected chi connectivity index (χ3v) is 4.85. The lowest BCUT2D eigenvalue weighted by Crippen LogP contribution is -2.50. The summed E-state index contributed by atoms with van der Waals surface area (Å²) in [5.74, 6) is -0.270. The molecule has 3 amide bonds. The number of amides is 3. The lowest BCUT2D eigenvalue weighted by atomic mass is 10.2. The second-order valence-electron chi connectivity index (χ2n) is 7.11. The Morgan fingerprint density at radius 1 is 0.862 bits per heavy atom. The molecule has 0 atom stereocenters. The van der Waals surface area contributed by atoms with Crippen molar-refractivity contribution in [2.24, 2.45) is 0 Å². The van der Waals surface area contributed by atoms with E-state index < -0.39 is 6.03 Å². The van der Waals surface area contributed by atoms with Crippen LogP contribution in [0.5, 0.6) is 0 Å². The maximum absolute atomic E-state index is 12.1. The zero-order valence-corrected chi connectivity index (χ0v) is 16.6. The van der Waals surface area contributed by atoms with E-state index in [0.717, 1.165) is 38.3 Å². The highest BCUT2D eigenvalue weighted by atomic mass is 16.2. The molecule has 2 N–H and O–H groups in total. The molecule has 0 bridgehead atoms. The van der Waals surface area contributed by atoms with Gasteiger partial charge >= 0.3 is 6.03 Å². The molecule has 1 heterocycles. The SMILES string of the molecule is O=C(CN1CCN(C/C=C/c2ccccc2)CC1)NC(=O)NCc1ccccc1. The molecular weight excluding hydrogens is 364 g/mol. The lowest BCUT2D eigenvalue weighted by molar-refractivity contribution is -0.121. The van der Waals surface area contributed by atoms with Crippen LogP contribution in [0.4, 0.5) is 4.79 Å². The van der Waals surface area contributed by atoms with Crippen molar-refractivity contribution in [1.82, 2.24) is 20.4 Å². The molecule has 2 aromatic carbocycles. The van der Waals surface area contributed by atoms with E-state index in [9.17, 15) is 9.59 Å². The fraction of sp³-hybridized carbons (Fsp3) is 0.304. The Morgan fingerprint density at radius 2 is 1.48 bits per heavy atom. The minimum absolute atomic E-state index is 0.243. The van der Waals surface area contributed by atoms with E-state index in [2.05, 4.69) is 44.7 Å². The molecule has 1 fully saturated rings. The third-order valence-electron chi connectivity index (χ3n) is 4.85. The molecule has 6 heteroatoms. The molecule has 0 unspecified atom stereocenters. The average Bonchev–Trinajstić information content (AvgIpc) is 2.75. The number of urea groups is 1. The van der Waals surface area contributed by atoms with Crippen molar-refractivity contribution in [2.45, 2.75) is 6.54 Å². The summed E-state index contributed by atoms with van der Waals surface area (Å²) < 4.78 is 0. The number of hydrogen-bond donors (Lipinski definition) is 2. The van der Waals surface area contributed by atoms with Crippen LogP contribution in [0.3, 0.4) is 0 Å². The van der Waals surface area contributed by atoms with Gasteiger partial charge in [-0.1, -0.05) is 72.8 Å². The standard InChI is InChI=1S/C23H28N4O2/c28-22(25-23(29)24-18-21-10-5-2-6-11-21)19-27-16-14-26(15-17-27)13-7-12-20-8-3-1-4-9-20/h1-12H,13-19H2,(H2,24,25,28,29)/b12-7+. The number of benzene rings is 2. The molecule has 0 saturated carbocycles. The van der Waals surface area contributed by atoms with E-state index in [1.807, 2.05) is 48.5 Å². The second kappa shape index (κ2) is 11.1. The van der Waals surface area contributed by atoms with Gasteiger partial charge in [0.05, 0.1) is 6.54 Å². The first-order valence-electron chi connectivity index (χ1n) is 9.97. The van der Waals surface area contributed by atoms with Crippen molar-refractivity contribution in [2.75, 3.05) is 39.3 Å². The number of rotatable bonds is 7. The van der Waals surface area contributed by atoms with Crippen LogP contribution in [0.1, 0.15) is 11.1 Å². The Kier molecular flexibility index (Phi) is 7.98. The maximum atomic E-state index is 12.1. The number of carbonyl (C=O) groups excluding carboxylic acids is 2. The summed E-state index contributed by atoms with van der Waals surface area (Å²) >= 11 is 0. The smallest absolute Gasteiger partial charge is 0.321 e. The van der Waals surface area contributed by atoms with E-state index in [1.54, 1.807) is 0 Å². The highest BCUT2D eigenvalue weighted by Gasteiger charge is 2.19. The minimum atomic E-state index is -0.455. The Labute approximate surface area is 172 Å². The first kappa shape index (κ1) is 20.8. The Balaban J connectivity index is 1.31. The van der Waals surface area contributed by atoms with Crippen molar-refractivity contribution in [3.8, 4) is 0 Å². The molecule has 0 aliphatic carbocycles. The Hall–Kier alpha value is -2.96. The van der Waals surface area contributed by atoms with Crippen molar-refractivity contribution < 1.29 is 9.59 Å². The van der Waals surface area contributed by atoms with Crippen LogP contribution in [-0.4, -0.2) is 61.0 Å². The summed E-state index contributed by atoms with van der Waals surface area (Å²) in [7, 11) is 0. The van der Waals surface area contributed by atoms with E-state index in [-0.39, 0.29) is 12.5 Å². The maximum Gasteiger partial charge on any atom is 0.321 e. The molecule has 152 valence electrons. The number of carbonyl (C=O) groups is 2. The molecule has 0 aromatic heterocycles.